The molecule has 7 nitrogen and oxygen atoms in total. The average molecular weight is 534 g/mol. The fourth-order valence-electron chi connectivity index (χ4n) is 4.96. The number of pyridine rings is 1. The summed E-state index contributed by atoms with van der Waals surface area (Å²) in [6.07, 6.45) is 6.03. The van der Waals surface area contributed by atoms with Crippen LogP contribution in [-0.2, 0) is 4.74 Å². The Bertz CT molecular complexity index is 1640. The van der Waals surface area contributed by atoms with Gasteiger partial charge in [-0.1, -0.05) is 18.2 Å². The molecule has 3 heterocycles. The normalized spacial score (nSPS) is 16.3. The number of rotatable bonds is 5. The minimum Gasteiger partial charge on any atom is -0.406 e. The first-order valence-corrected chi connectivity index (χ1v) is 12.8. The van der Waals surface area contributed by atoms with Crippen molar-refractivity contribution < 1.29 is 22.6 Å². The number of halogens is 3. The van der Waals surface area contributed by atoms with Gasteiger partial charge in [-0.3, -0.25) is 9.98 Å². The number of benzene rings is 2. The predicted molar refractivity (Wildman–Crippen MR) is 141 cm³/mol. The molecule has 6 rings (SSSR count). The summed E-state index contributed by atoms with van der Waals surface area (Å²) in [5.41, 5.74) is 3.53. The smallest absolute Gasteiger partial charge is 0.406 e. The Kier molecular flexibility index (Phi) is 6.78. The van der Waals surface area contributed by atoms with E-state index in [-0.39, 0.29) is 11.8 Å². The van der Waals surface area contributed by atoms with Crippen molar-refractivity contribution in [2.24, 2.45) is 4.99 Å². The molecule has 1 saturated heterocycles. The molecule has 200 valence electrons. The second-order valence-electron chi connectivity index (χ2n) is 9.45. The van der Waals surface area contributed by atoms with Crippen molar-refractivity contribution in [3.05, 3.63) is 77.0 Å². The topological polar surface area (TPSA) is 73.6 Å². The molecule has 2 aliphatic carbocycles. The van der Waals surface area contributed by atoms with Gasteiger partial charge in [-0.05, 0) is 62.1 Å². The molecule has 1 aromatic heterocycles. The number of hydrogen-bond donors (Lipinski definition) is 1. The van der Waals surface area contributed by atoms with Gasteiger partial charge in [-0.25, -0.2) is 4.98 Å². The van der Waals surface area contributed by atoms with Crippen molar-refractivity contribution in [2.75, 3.05) is 18.5 Å². The standard InChI is InChI=1S/C29H26F3N5O2/c30-29(31,32)39-22-7-3-6-21(15-22)37-27-9-2-1-8-23(27)36-26-16-24(35-20-5-4-12-33-18-20)25(17-28(26)37)34-19-10-13-38-14-11-19/h3-9,12,15-19,35H,1-2,10-11,13-14H2. The van der Waals surface area contributed by atoms with Crippen LogP contribution in [-0.4, -0.2) is 40.2 Å². The number of ether oxygens (including phenoxy) is 2. The number of anilines is 2. The summed E-state index contributed by atoms with van der Waals surface area (Å²) in [6.45, 7) is 1.30. The van der Waals surface area contributed by atoms with Crippen molar-refractivity contribution in [1.82, 2.24) is 14.5 Å². The lowest BCUT2D eigenvalue weighted by atomic mass is 10.1. The Morgan fingerprint density at radius 2 is 1.87 bits per heavy atom. The summed E-state index contributed by atoms with van der Waals surface area (Å²) >= 11 is 0. The zero-order valence-electron chi connectivity index (χ0n) is 21.0. The van der Waals surface area contributed by atoms with Crippen LogP contribution in [0.15, 0.2) is 65.9 Å². The maximum Gasteiger partial charge on any atom is 0.573 e. The molecule has 4 aliphatic rings. The summed E-state index contributed by atoms with van der Waals surface area (Å²) in [5.74, 6) is -0.284. The van der Waals surface area contributed by atoms with E-state index in [0.717, 1.165) is 58.8 Å². The SMILES string of the molecule is FC(F)(F)Oc1cccc(-n2c3cc(=NC4CCOCC4)c(Nc4cccnc4)cc-3nc3c2=CCCC=3)c1. The van der Waals surface area contributed by atoms with Crippen LogP contribution in [0.3, 0.4) is 0 Å². The lowest BCUT2D eigenvalue weighted by Gasteiger charge is -2.22. The molecule has 0 saturated carbocycles. The number of alkyl halides is 3. The number of aromatic nitrogens is 3. The number of nitrogens with one attached hydrogen (secondary N) is 1. The van der Waals surface area contributed by atoms with Crippen LogP contribution in [0.2, 0.25) is 0 Å². The van der Waals surface area contributed by atoms with E-state index in [2.05, 4.69) is 27.2 Å². The zero-order chi connectivity index (χ0) is 26.8. The lowest BCUT2D eigenvalue weighted by molar-refractivity contribution is -0.274. The van der Waals surface area contributed by atoms with Crippen LogP contribution in [0.25, 0.3) is 29.2 Å². The van der Waals surface area contributed by atoms with Gasteiger partial charge in [-0.2, -0.15) is 0 Å². The van der Waals surface area contributed by atoms with Crippen LogP contribution in [0.5, 0.6) is 5.75 Å². The Balaban J connectivity index is 1.59. The Hall–Kier alpha value is -4.18. The highest BCUT2D eigenvalue weighted by Crippen LogP contribution is 2.28. The quantitative estimate of drug-likeness (QED) is 0.411. The molecule has 0 bridgehead atoms. The Morgan fingerprint density at radius 1 is 1.03 bits per heavy atom. The van der Waals surface area contributed by atoms with Crippen LogP contribution < -0.4 is 26.1 Å². The van der Waals surface area contributed by atoms with Gasteiger partial charge in [-0.15, -0.1) is 13.2 Å². The van der Waals surface area contributed by atoms with Crippen LogP contribution in [0.1, 0.15) is 25.7 Å². The largest absolute Gasteiger partial charge is 0.573 e. The van der Waals surface area contributed by atoms with Crippen molar-refractivity contribution in [3.63, 3.8) is 0 Å². The molecule has 2 aliphatic heterocycles. The molecule has 0 unspecified atom stereocenters. The summed E-state index contributed by atoms with van der Waals surface area (Å²) in [6, 6.07) is 13.8. The van der Waals surface area contributed by atoms with E-state index in [0.29, 0.717) is 24.6 Å². The monoisotopic (exact) mass is 533 g/mol. The summed E-state index contributed by atoms with van der Waals surface area (Å²) in [7, 11) is 0. The number of nitrogens with zero attached hydrogens (tertiary/aromatic N) is 4. The van der Waals surface area contributed by atoms with Crippen LogP contribution in [0.4, 0.5) is 24.5 Å². The molecule has 0 atom stereocenters. The van der Waals surface area contributed by atoms with Gasteiger partial charge >= 0.3 is 6.36 Å². The predicted octanol–water partition coefficient (Wildman–Crippen LogP) is 4.45. The van der Waals surface area contributed by atoms with Crippen LogP contribution in [0, 0.1) is 0 Å². The van der Waals surface area contributed by atoms with E-state index in [4.69, 9.17) is 14.7 Å². The molecule has 39 heavy (non-hydrogen) atoms. The van der Waals surface area contributed by atoms with Gasteiger partial charge in [0, 0.05) is 31.2 Å². The first-order chi connectivity index (χ1) is 18.9. The first kappa shape index (κ1) is 25.1. The second kappa shape index (κ2) is 10.5. The minimum atomic E-state index is -4.79. The molecule has 0 amide bonds. The summed E-state index contributed by atoms with van der Waals surface area (Å²) in [5, 5.41) is 5.76. The highest BCUT2D eigenvalue weighted by molar-refractivity contribution is 5.70. The third-order valence-electron chi connectivity index (χ3n) is 6.68. The summed E-state index contributed by atoms with van der Waals surface area (Å²) < 4.78 is 50.7. The molecule has 10 heteroatoms. The van der Waals surface area contributed by atoms with Gasteiger partial charge in [0.1, 0.15) is 5.75 Å². The van der Waals surface area contributed by atoms with E-state index in [1.54, 1.807) is 24.5 Å². The second-order valence-corrected chi connectivity index (χ2v) is 9.45. The van der Waals surface area contributed by atoms with E-state index < -0.39 is 6.36 Å². The van der Waals surface area contributed by atoms with Gasteiger partial charge in [0.05, 0.1) is 51.1 Å². The molecule has 2 aromatic rings. The number of fused-ring (bicyclic) bond motifs is 2. The maximum atomic E-state index is 13.0. The molecule has 1 aromatic carbocycles. The van der Waals surface area contributed by atoms with E-state index in [1.165, 1.54) is 12.1 Å². The first-order valence-electron chi connectivity index (χ1n) is 12.8. The zero-order valence-corrected chi connectivity index (χ0v) is 21.0. The molecule has 0 radical (unpaired) electrons. The van der Waals surface area contributed by atoms with Gasteiger partial charge in [0.15, 0.2) is 0 Å². The molecular formula is C29H26F3N5O2. The summed E-state index contributed by atoms with van der Waals surface area (Å²) in [4.78, 5) is 14.2. The van der Waals surface area contributed by atoms with Crippen molar-refractivity contribution in [1.29, 1.82) is 0 Å². The van der Waals surface area contributed by atoms with Crippen molar-refractivity contribution in [3.8, 4) is 22.8 Å². The Labute approximate surface area is 222 Å². The van der Waals surface area contributed by atoms with Gasteiger partial charge in [0.2, 0.25) is 0 Å². The molecule has 1 N–H and O–H groups in total. The van der Waals surface area contributed by atoms with Gasteiger partial charge < -0.3 is 19.4 Å². The van der Waals surface area contributed by atoms with Crippen molar-refractivity contribution >= 4 is 23.5 Å². The van der Waals surface area contributed by atoms with Crippen LogP contribution >= 0.6 is 0 Å². The highest BCUT2D eigenvalue weighted by atomic mass is 19.4. The third kappa shape index (κ3) is 5.65. The fraction of sp³-hybridized carbons (Fsp3) is 0.276. The number of hydrogen-bond acceptors (Lipinski definition) is 6. The Morgan fingerprint density at radius 3 is 2.67 bits per heavy atom. The molecule has 0 spiro atoms. The van der Waals surface area contributed by atoms with E-state index >= 15 is 0 Å². The maximum absolute atomic E-state index is 13.0. The van der Waals surface area contributed by atoms with Crippen molar-refractivity contribution in [2.45, 2.75) is 38.1 Å². The van der Waals surface area contributed by atoms with Gasteiger partial charge in [0.25, 0.3) is 0 Å². The fourth-order valence-corrected chi connectivity index (χ4v) is 4.96. The average Bonchev–Trinajstić information content (AvgIpc) is 2.92. The lowest BCUT2D eigenvalue weighted by Crippen LogP contribution is -2.40. The third-order valence-corrected chi connectivity index (χ3v) is 6.68. The molecular weight excluding hydrogens is 507 g/mol. The minimum absolute atomic E-state index is 0.0908. The van der Waals surface area contributed by atoms with E-state index in [9.17, 15) is 13.2 Å². The van der Waals surface area contributed by atoms with E-state index in [1.807, 2.05) is 28.8 Å². The highest BCUT2D eigenvalue weighted by Gasteiger charge is 2.31. The molecule has 1 fully saturated rings.